The summed E-state index contributed by atoms with van der Waals surface area (Å²) in [6, 6.07) is 13.0. The van der Waals surface area contributed by atoms with E-state index in [0.717, 1.165) is 27.6 Å². The van der Waals surface area contributed by atoms with Gasteiger partial charge in [0, 0.05) is 35.1 Å². The number of imidazole rings is 1. The van der Waals surface area contributed by atoms with Crippen molar-refractivity contribution in [1.82, 2.24) is 14.5 Å². The molecule has 0 saturated heterocycles. The van der Waals surface area contributed by atoms with Crippen molar-refractivity contribution in [3.8, 4) is 0 Å². The molecule has 124 valence electrons. The van der Waals surface area contributed by atoms with Crippen molar-refractivity contribution in [2.24, 2.45) is 0 Å². The van der Waals surface area contributed by atoms with Crippen molar-refractivity contribution >= 4 is 16.9 Å². The number of aryl methyl sites for hydroxylation is 1. The summed E-state index contributed by atoms with van der Waals surface area (Å²) < 4.78 is 1.94. The normalized spacial score (nSPS) is 12.4. The van der Waals surface area contributed by atoms with Crippen LogP contribution in [0.4, 0.5) is 0 Å². The lowest BCUT2D eigenvalue weighted by atomic mass is 9.93. The Labute approximate surface area is 144 Å². The van der Waals surface area contributed by atoms with Gasteiger partial charge in [0.2, 0.25) is 0 Å². The molecule has 0 aliphatic rings. The van der Waals surface area contributed by atoms with Gasteiger partial charge in [0.25, 0.3) is 0 Å². The largest absolute Gasteiger partial charge is 0.478 e. The Balaban J connectivity index is 2.00. The van der Waals surface area contributed by atoms with E-state index in [0.29, 0.717) is 5.56 Å². The molecule has 0 aliphatic heterocycles. The molecule has 5 heteroatoms. The molecule has 0 radical (unpaired) electrons. The highest BCUT2D eigenvalue weighted by atomic mass is 16.4. The second-order valence-electron chi connectivity index (χ2n) is 6.05. The number of rotatable bonds is 4. The summed E-state index contributed by atoms with van der Waals surface area (Å²) in [6.07, 6.45) is 7.24. The van der Waals surface area contributed by atoms with E-state index in [4.69, 9.17) is 0 Å². The number of aromatic nitrogens is 3. The number of nitrogens with zero attached hydrogens (tertiary/aromatic N) is 2. The van der Waals surface area contributed by atoms with E-state index in [1.807, 2.05) is 35.2 Å². The number of benzene rings is 2. The molecule has 0 bridgehead atoms. The summed E-state index contributed by atoms with van der Waals surface area (Å²) in [4.78, 5) is 19.2. The minimum atomic E-state index is -0.934. The molecule has 5 nitrogen and oxygen atoms in total. The van der Waals surface area contributed by atoms with E-state index in [1.54, 1.807) is 24.7 Å². The molecule has 2 heterocycles. The number of carboxylic acid groups (broad SMARTS) is 1. The van der Waals surface area contributed by atoms with Gasteiger partial charge in [-0.1, -0.05) is 36.4 Å². The summed E-state index contributed by atoms with van der Waals surface area (Å²) in [5.41, 5.74) is 4.26. The quantitative estimate of drug-likeness (QED) is 0.593. The third-order valence-corrected chi connectivity index (χ3v) is 4.56. The van der Waals surface area contributed by atoms with Gasteiger partial charge < -0.3 is 14.7 Å². The molecular formula is C20H17N3O2. The summed E-state index contributed by atoms with van der Waals surface area (Å²) >= 11 is 0. The van der Waals surface area contributed by atoms with Crippen molar-refractivity contribution in [2.45, 2.75) is 13.0 Å². The average molecular weight is 331 g/mol. The Hall–Kier alpha value is -3.34. The Morgan fingerprint density at radius 3 is 2.76 bits per heavy atom. The molecule has 25 heavy (non-hydrogen) atoms. The highest BCUT2D eigenvalue weighted by Crippen LogP contribution is 2.34. The maximum atomic E-state index is 11.8. The molecule has 2 aromatic carbocycles. The topological polar surface area (TPSA) is 70.9 Å². The van der Waals surface area contributed by atoms with E-state index in [-0.39, 0.29) is 6.04 Å². The SMILES string of the molecule is Cc1cccc2c(C(c3ccccc3C(=O)O)n3ccnc3)c[nH]c12. The fraction of sp³-hybridized carbons (Fsp3) is 0.100. The summed E-state index contributed by atoms with van der Waals surface area (Å²) in [5, 5.41) is 10.7. The number of carboxylic acids is 1. The summed E-state index contributed by atoms with van der Waals surface area (Å²) in [6.45, 7) is 2.06. The van der Waals surface area contributed by atoms with Crippen molar-refractivity contribution in [3.63, 3.8) is 0 Å². The Kier molecular flexibility index (Phi) is 3.61. The summed E-state index contributed by atoms with van der Waals surface area (Å²) in [7, 11) is 0. The van der Waals surface area contributed by atoms with Gasteiger partial charge in [-0.3, -0.25) is 0 Å². The molecule has 0 aliphatic carbocycles. The molecule has 2 N–H and O–H groups in total. The second kappa shape index (κ2) is 5.94. The van der Waals surface area contributed by atoms with Gasteiger partial charge in [-0.15, -0.1) is 0 Å². The first-order valence-electron chi connectivity index (χ1n) is 8.03. The van der Waals surface area contributed by atoms with Crippen LogP contribution in [0.25, 0.3) is 10.9 Å². The number of nitrogens with one attached hydrogen (secondary N) is 1. The van der Waals surface area contributed by atoms with E-state index in [1.165, 1.54) is 0 Å². The van der Waals surface area contributed by atoms with E-state index >= 15 is 0 Å². The maximum Gasteiger partial charge on any atom is 0.336 e. The fourth-order valence-electron chi connectivity index (χ4n) is 3.39. The zero-order valence-electron chi connectivity index (χ0n) is 13.7. The van der Waals surface area contributed by atoms with Gasteiger partial charge in [0.05, 0.1) is 17.9 Å². The fourth-order valence-corrected chi connectivity index (χ4v) is 3.39. The second-order valence-corrected chi connectivity index (χ2v) is 6.05. The lowest BCUT2D eigenvalue weighted by molar-refractivity contribution is 0.0695. The number of carbonyl (C=O) groups is 1. The van der Waals surface area contributed by atoms with E-state index in [2.05, 4.69) is 29.0 Å². The molecule has 4 rings (SSSR count). The molecule has 1 unspecified atom stereocenters. The van der Waals surface area contributed by atoms with Crippen LogP contribution in [0, 0.1) is 6.92 Å². The number of fused-ring (bicyclic) bond motifs is 1. The van der Waals surface area contributed by atoms with Gasteiger partial charge in [-0.2, -0.15) is 0 Å². The molecule has 1 atom stereocenters. The summed E-state index contributed by atoms with van der Waals surface area (Å²) in [5.74, 6) is -0.934. The lowest BCUT2D eigenvalue weighted by Gasteiger charge is -2.20. The highest BCUT2D eigenvalue weighted by molar-refractivity contribution is 5.91. The smallest absolute Gasteiger partial charge is 0.336 e. The van der Waals surface area contributed by atoms with E-state index in [9.17, 15) is 9.90 Å². The zero-order chi connectivity index (χ0) is 17.4. The molecule has 0 amide bonds. The third-order valence-electron chi connectivity index (χ3n) is 4.56. The number of hydrogen-bond donors (Lipinski definition) is 2. The number of para-hydroxylation sites is 1. The van der Waals surface area contributed by atoms with Crippen LogP contribution in [0.15, 0.2) is 67.4 Å². The molecular weight excluding hydrogens is 314 g/mol. The monoisotopic (exact) mass is 331 g/mol. The van der Waals surface area contributed by atoms with Crippen molar-refractivity contribution in [2.75, 3.05) is 0 Å². The van der Waals surface area contributed by atoms with Crippen molar-refractivity contribution < 1.29 is 9.90 Å². The van der Waals surface area contributed by atoms with Crippen LogP contribution in [-0.2, 0) is 0 Å². The highest BCUT2D eigenvalue weighted by Gasteiger charge is 2.24. The van der Waals surface area contributed by atoms with Crippen LogP contribution < -0.4 is 0 Å². The predicted octanol–water partition coefficient (Wildman–Crippen LogP) is 4.01. The van der Waals surface area contributed by atoms with Gasteiger partial charge in [-0.25, -0.2) is 9.78 Å². The van der Waals surface area contributed by atoms with Crippen molar-refractivity contribution in [3.05, 3.63) is 89.6 Å². The molecule has 0 saturated carbocycles. The number of H-pyrrole nitrogens is 1. The standard InChI is InChI=1S/C20H17N3O2/c1-13-5-4-8-14-17(11-22-18(13)14)19(23-10-9-21-12-23)15-6-2-3-7-16(15)20(24)25/h2-12,19,22H,1H3,(H,24,25). The van der Waals surface area contributed by atoms with Crippen LogP contribution in [0.1, 0.15) is 33.1 Å². The Bertz CT molecular complexity index is 1050. The van der Waals surface area contributed by atoms with Crippen molar-refractivity contribution in [1.29, 1.82) is 0 Å². The first-order chi connectivity index (χ1) is 12.2. The number of aromatic amines is 1. The van der Waals surface area contributed by atoms with Gasteiger partial charge >= 0.3 is 5.97 Å². The van der Waals surface area contributed by atoms with Gasteiger partial charge in [0.15, 0.2) is 0 Å². The van der Waals surface area contributed by atoms with Crippen LogP contribution in [0.3, 0.4) is 0 Å². The van der Waals surface area contributed by atoms with Crippen LogP contribution in [-0.4, -0.2) is 25.6 Å². The minimum Gasteiger partial charge on any atom is -0.478 e. The van der Waals surface area contributed by atoms with E-state index < -0.39 is 5.97 Å². The molecule has 0 spiro atoms. The first kappa shape index (κ1) is 15.2. The average Bonchev–Trinajstić information content (AvgIpc) is 3.27. The first-order valence-corrected chi connectivity index (χ1v) is 8.03. The molecule has 0 fully saturated rings. The number of hydrogen-bond acceptors (Lipinski definition) is 2. The minimum absolute atomic E-state index is 0.273. The van der Waals surface area contributed by atoms with Gasteiger partial charge in [0.1, 0.15) is 0 Å². The lowest BCUT2D eigenvalue weighted by Crippen LogP contribution is -2.14. The van der Waals surface area contributed by atoms with Crippen LogP contribution in [0.5, 0.6) is 0 Å². The predicted molar refractivity (Wildman–Crippen MR) is 95.9 cm³/mol. The van der Waals surface area contributed by atoms with Crippen LogP contribution in [0.2, 0.25) is 0 Å². The Morgan fingerprint density at radius 1 is 1.16 bits per heavy atom. The molecule has 4 aromatic rings. The maximum absolute atomic E-state index is 11.8. The number of aromatic carboxylic acids is 1. The Morgan fingerprint density at radius 2 is 2.00 bits per heavy atom. The van der Waals surface area contributed by atoms with Gasteiger partial charge in [-0.05, 0) is 24.1 Å². The third kappa shape index (κ3) is 2.50. The van der Waals surface area contributed by atoms with Crippen LogP contribution >= 0.6 is 0 Å². The zero-order valence-corrected chi connectivity index (χ0v) is 13.7. The molecule has 2 aromatic heterocycles.